The maximum Gasteiger partial charge on any atom is 0.193 e. The van der Waals surface area contributed by atoms with Crippen molar-refractivity contribution in [1.29, 1.82) is 0 Å². The van der Waals surface area contributed by atoms with Crippen LogP contribution in [0.3, 0.4) is 0 Å². The van der Waals surface area contributed by atoms with Gasteiger partial charge in [0.1, 0.15) is 0 Å². The van der Waals surface area contributed by atoms with Gasteiger partial charge in [-0.05, 0) is 31.6 Å². The zero-order valence-corrected chi connectivity index (χ0v) is 13.7. The third-order valence-electron chi connectivity index (χ3n) is 4.68. The molecule has 5 heteroatoms. The predicted molar refractivity (Wildman–Crippen MR) is 88.8 cm³/mol. The first kappa shape index (κ1) is 14.8. The summed E-state index contributed by atoms with van der Waals surface area (Å²) in [6.45, 7) is 6.34. The van der Waals surface area contributed by atoms with Crippen LogP contribution in [0.1, 0.15) is 37.6 Å². The zero-order valence-electron chi connectivity index (χ0n) is 12.9. The molecule has 0 amide bonds. The molecular formula is C16H26N4S. The van der Waals surface area contributed by atoms with E-state index < -0.39 is 0 Å². The SMILES string of the molecule is CCNC(=NCCc1nccs1)N1CC2CCCCC2C1. The Labute approximate surface area is 131 Å². The second kappa shape index (κ2) is 7.25. The van der Waals surface area contributed by atoms with Gasteiger partial charge in [0.25, 0.3) is 0 Å². The summed E-state index contributed by atoms with van der Waals surface area (Å²) >= 11 is 1.72. The van der Waals surface area contributed by atoms with Gasteiger partial charge in [0.15, 0.2) is 5.96 Å². The average Bonchev–Trinajstić information content (AvgIpc) is 3.15. The molecule has 1 aliphatic heterocycles. The lowest BCUT2D eigenvalue weighted by atomic mass is 9.82. The van der Waals surface area contributed by atoms with E-state index in [1.54, 1.807) is 11.3 Å². The van der Waals surface area contributed by atoms with Crippen molar-refractivity contribution in [1.82, 2.24) is 15.2 Å². The summed E-state index contributed by atoms with van der Waals surface area (Å²) in [5, 5.41) is 6.70. The number of aliphatic imine (C=N–C) groups is 1. The molecule has 0 bridgehead atoms. The average molecular weight is 306 g/mol. The highest BCUT2D eigenvalue weighted by molar-refractivity contribution is 7.09. The summed E-state index contributed by atoms with van der Waals surface area (Å²) in [5.41, 5.74) is 0. The number of rotatable bonds is 4. The highest BCUT2D eigenvalue weighted by atomic mass is 32.1. The molecule has 1 saturated heterocycles. The Morgan fingerprint density at radius 3 is 2.76 bits per heavy atom. The minimum atomic E-state index is 0.835. The topological polar surface area (TPSA) is 40.5 Å². The van der Waals surface area contributed by atoms with Crippen molar-refractivity contribution >= 4 is 17.3 Å². The van der Waals surface area contributed by atoms with E-state index in [-0.39, 0.29) is 0 Å². The molecule has 116 valence electrons. The summed E-state index contributed by atoms with van der Waals surface area (Å²) in [5.74, 6) is 2.92. The summed E-state index contributed by atoms with van der Waals surface area (Å²) in [6.07, 6.45) is 8.51. The van der Waals surface area contributed by atoms with Crippen LogP contribution < -0.4 is 5.32 Å². The maximum absolute atomic E-state index is 4.83. The number of hydrogen-bond acceptors (Lipinski definition) is 3. The molecule has 2 unspecified atom stereocenters. The third-order valence-corrected chi connectivity index (χ3v) is 5.52. The van der Waals surface area contributed by atoms with Crippen LogP contribution in [0.15, 0.2) is 16.6 Å². The van der Waals surface area contributed by atoms with Gasteiger partial charge in [-0.1, -0.05) is 12.8 Å². The summed E-state index contributed by atoms with van der Waals surface area (Å²) in [6, 6.07) is 0. The normalized spacial score (nSPS) is 26.0. The van der Waals surface area contributed by atoms with Crippen LogP contribution in [0.4, 0.5) is 0 Å². The minimum absolute atomic E-state index is 0.835. The Balaban J connectivity index is 1.58. The Morgan fingerprint density at radius 1 is 1.38 bits per heavy atom. The molecule has 0 spiro atoms. The van der Waals surface area contributed by atoms with Crippen molar-refractivity contribution in [2.24, 2.45) is 16.8 Å². The van der Waals surface area contributed by atoms with Crippen molar-refractivity contribution in [3.63, 3.8) is 0 Å². The van der Waals surface area contributed by atoms with E-state index in [1.165, 1.54) is 43.8 Å². The van der Waals surface area contributed by atoms with E-state index in [1.807, 2.05) is 11.6 Å². The summed E-state index contributed by atoms with van der Waals surface area (Å²) in [4.78, 5) is 11.6. The van der Waals surface area contributed by atoms with Gasteiger partial charge in [-0.25, -0.2) is 4.98 Å². The van der Waals surface area contributed by atoms with Gasteiger partial charge < -0.3 is 10.2 Å². The maximum atomic E-state index is 4.83. The van der Waals surface area contributed by atoms with E-state index in [0.29, 0.717) is 0 Å². The lowest BCUT2D eigenvalue weighted by Gasteiger charge is -2.22. The van der Waals surface area contributed by atoms with E-state index in [9.17, 15) is 0 Å². The van der Waals surface area contributed by atoms with Crippen LogP contribution in [0.5, 0.6) is 0 Å². The second-order valence-corrected chi connectivity index (χ2v) is 7.10. The van der Waals surface area contributed by atoms with Crippen LogP contribution in [0, 0.1) is 11.8 Å². The van der Waals surface area contributed by atoms with Gasteiger partial charge in [0.05, 0.1) is 5.01 Å². The number of guanidine groups is 1. The molecule has 0 radical (unpaired) electrons. The lowest BCUT2D eigenvalue weighted by Crippen LogP contribution is -2.40. The van der Waals surface area contributed by atoms with Crippen LogP contribution in [0.2, 0.25) is 0 Å². The molecule has 1 aliphatic carbocycles. The van der Waals surface area contributed by atoms with Gasteiger partial charge in [0, 0.05) is 44.2 Å². The first-order chi connectivity index (χ1) is 10.4. The molecule has 1 N–H and O–H groups in total. The number of nitrogens with zero attached hydrogens (tertiary/aromatic N) is 3. The summed E-state index contributed by atoms with van der Waals surface area (Å²) in [7, 11) is 0. The largest absolute Gasteiger partial charge is 0.357 e. The third kappa shape index (κ3) is 3.76. The molecule has 2 aliphatic rings. The van der Waals surface area contributed by atoms with Gasteiger partial charge >= 0.3 is 0 Å². The number of nitrogens with one attached hydrogen (secondary N) is 1. The molecule has 2 heterocycles. The molecule has 1 aromatic heterocycles. The molecule has 4 nitrogen and oxygen atoms in total. The minimum Gasteiger partial charge on any atom is -0.357 e. The lowest BCUT2D eigenvalue weighted by molar-refractivity contribution is 0.299. The van der Waals surface area contributed by atoms with Crippen molar-refractivity contribution in [2.75, 3.05) is 26.2 Å². The van der Waals surface area contributed by atoms with Crippen LogP contribution >= 0.6 is 11.3 Å². The molecule has 2 fully saturated rings. The first-order valence-corrected chi connectivity index (χ1v) is 9.16. The first-order valence-electron chi connectivity index (χ1n) is 8.28. The van der Waals surface area contributed by atoms with E-state index >= 15 is 0 Å². The molecule has 1 aromatic rings. The molecule has 21 heavy (non-hydrogen) atoms. The molecule has 1 saturated carbocycles. The van der Waals surface area contributed by atoms with E-state index in [2.05, 4.69) is 22.1 Å². The van der Waals surface area contributed by atoms with Crippen LogP contribution in [-0.2, 0) is 6.42 Å². The van der Waals surface area contributed by atoms with Crippen molar-refractivity contribution < 1.29 is 0 Å². The molecule has 0 aromatic carbocycles. The number of hydrogen-bond donors (Lipinski definition) is 1. The Morgan fingerprint density at radius 2 is 2.14 bits per heavy atom. The van der Waals surface area contributed by atoms with Crippen molar-refractivity contribution in [2.45, 2.75) is 39.0 Å². The standard InChI is InChI=1S/C16H26N4S/c1-2-17-16(19-8-7-15-18-9-10-21-15)20-11-13-5-3-4-6-14(13)12-20/h9-10,13-14H,2-8,11-12H2,1H3,(H,17,19). The number of aromatic nitrogens is 1. The van der Waals surface area contributed by atoms with Crippen molar-refractivity contribution in [3.05, 3.63) is 16.6 Å². The number of thiazole rings is 1. The molecular weight excluding hydrogens is 280 g/mol. The fraction of sp³-hybridized carbons (Fsp3) is 0.750. The van der Waals surface area contributed by atoms with E-state index in [0.717, 1.165) is 37.3 Å². The fourth-order valence-corrected chi connectivity index (χ4v) is 4.25. The smallest absolute Gasteiger partial charge is 0.193 e. The number of likely N-dealkylation sites (tertiary alicyclic amines) is 1. The van der Waals surface area contributed by atoms with Crippen molar-refractivity contribution in [3.8, 4) is 0 Å². The Bertz CT molecular complexity index is 443. The molecule has 2 atom stereocenters. The van der Waals surface area contributed by atoms with Gasteiger partial charge in [-0.15, -0.1) is 11.3 Å². The van der Waals surface area contributed by atoms with Gasteiger partial charge in [-0.2, -0.15) is 0 Å². The Kier molecular flexibility index (Phi) is 5.12. The van der Waals surface area contributed by atoms with E-state index in [4.69, 9.17) is 4.99 Å². The quantitative estimate of drug-likeness (QED) is 0.687. The van der Waals surface area contributed by atoms with Crippen LogP contribution in [-0.4, -0.2) is 42.0 Å². The fourth-order valence-electron chi connectivity index (χ4n) is 3.64. The predicted octanol–water partition coefficient (Wildman–Crippen LogP) is 2.77. The molecule has 3 rings (SSSR count). The van der Waals surface area contributed by atoms with Crippen LogP contribution in [0.25, 0.3) is 0 Å². The zero-order chi connectivity index (χ0) is 14.5. The monoisotopic (exact) mass is 306 g/mol. The van der Waals surface area contributed by atoms with Gasteiger partial charge in [-0.3, -0.25) is 4.99 Å². The Hall–Kier alpha value is -1.10. The van der Waals surface area contributed by atoms with Gasteiger partial charge in [0.2, 0.25) is 0 Å². The number of fused-ring (bicyclic) bond motifs is 1. The highest BCUT2D eigenvalue weighted by Crippen LogP contribution is 2.35. The highest BCUT2D eigenvalue weighted by Gasteiger charge is 2.35. The second-order valence-electron chi connectivity index (χ2n) is 6.12. The summed E-state index contributed by atoms with van der Waals surface area (Å²) < 4.78 is 0.